The summed E-state index contributed by atoms with van der Waals surface area (Å²) >= 11 is 8.34. The Labute approximate surface area is 171 Å². The van der Waals surface area contributed by atoms with Crippen molar-refractivity contribution >= 4 is 64.9 Å². The van der Waals surface area contributed by atoms with E-state index in [0.717, 1.165) is 65.7 Å². The van der Waals surface area contributed by atoms with Gasteiger partial charge in [0.25, 0.3) is 0 Å². The van der Waals surface area contributed by atoms with Crippen LogP contribution < -0.4 is 10.6 Å². The third kappa shape index (κ3) is 5.33. The molecule has 1 aliphatic heterocycles. The van der Waals surface area contributed by atoms with E-state index >= 15 is 0 Å². The van der Waals surface area contributed by atoms with Gasteiger partial charge >= 0.3 is 0 Å². The molecule has 1 saturated heterocycles. The van der Waals surface area contributed by atoms with Crippen molar-refractivity contribution in [2.75, 3.05) is 18.0 Å². The summed E-state index contributed by atoms with van der Waals surface area (Å²) in [6.07, 6.45) is 4.51. The fraction of sp³-hybridized carbons (Fsp3) is 0.588. The Kier molecular flexibility index (Phi) is 9.19. The number of aromatic nitrogens is 2. The molecule has 142 valence electrons. The lowest BCUT2D eigenvalue weighted by molar-refractivity contribution is 0.506. The molecular weight excluding hydrogens is 399 g/mol. The number of hydrogen-bond donors (Lipinski definition) is 2. The van der Waals surface area contributed by atoms with Gasteiger partial charge in [-0.1, -0.05) is 37.2 Å². The molecule has 0 saturated carbocycles. The number of benzene rings is 1. The van der Waals surface area contributed by atoms with Crippen molar-refractivity contribution in [2.45, 2.75) is 56.0 Å². The molecule has 1 aliphatic rings. The number of anilines is 1. The fourth-order valence-electron chi connectivity index (χ4n) is 3.14. The number of H-pyrrole nitrogens is 1. The van der Waals surface area contributed by atoms with E-state index in [1.54, 1.807) is 0 Å². The largest absolute Gasteiger partial charge is 0.369 e. The molecule has 2 aromatic rings. The zero-order valence-electron chi connectivity index (χ0n) is 14.6. The van der Waals surface area contributed by atoms with E-state index < -0.39 is 0 Å². The van der Waals surface area contributed by atoms with Gasteiger partial charge < -0.3 is 15.6 Å². The summed E-state index contributed by atoms with van der Waals surface area (Å²) in [6, 6.07) is 4.33. The molecule has 0 aliphatic carbocycles. The summed E-state index contributed by atoms with van der Waals surface area (Å²) in [7, 11) is 0. The van der Waals surface area contributed by atoms with Gasteiger partial charge in [-0.3, -0.25) is 0 Å². The number of nitrogens with two attached hydrogens (primary N) is 1. The SMILES string of the molecule is CCC(CC)Sc1nc2cc(N3CCCC(N)C3)c(Cl)cc2[nH]1.Cl.Cl. The molecule has 0 radical (unpaired) electrons. The first-order chi connectivity index (χ1) is 11.1. The maximum absolute atomic E-state index is 6.52. The standard InChI is InChI=1S/C17H25ClN4S.2ClH/c1-3-12(4-2)23-17-20-14-8-13(18)16(9-15(14)21-17)22-7-5-6-11(19)10-22;;/h8-9,11-12H,3-7,10,19H2,1-2H3,(H,20,21);2*1H. The highest BCUT2D eigenvalue weighted by molar-refractivity contribution is 7.99. The number of fused-ring (bicyclic) bond motifs is 1. The van der Waals surface area contributed by atoms with Crippen LogP contribution in [-0.2, 0) is 0 Å². The van der Waals surface area contributed by atoms with Crippen molar-refractivity contribution in [1.82, 2.24) is 9.97 Å². The lowest BCUT2D eigenvalue weighted by Crippen LogP contribution is -2.42. The van der Waals surface area contributed by atoms with Crippen LogP contribution in [0.1, 0.15) is 39.5 Å². The number of halogens is 3. The van der Waals surface area contributed by atoms with Gasteiger partial charge in [-0.05, 0) is 37.8 Å². The molecule has 25 heavy (non-hydrogen) atoms. The fourth-order valence-corrected chi connectivity index (χ4v) is 4.39. The number of aromatic amines is 1. The summed E-state index contributed by atoms with van der Waals surface area (Å²) in [5.74, 6) is 0. The molecular formula is C17H27Cl3N4S. The predicted molar refractivity (Wildman–Crippen MR) is 115 cm³/mol. The topological polar surface area (TPSA) is 57.9 Å². The third-order valence-electron chi connectivity index (χ3n) is 4.52. The first-order valence-electron chi connectivity index (χ1n) is 8.47. The van der Waals surface area contributed by atoms with E-state index in [0.29, 0.717) is 5.25 Å². The van der Waals surface area contributed by atoms with Crippen molar-refractivity contribution in [3.8, 4) is 0 Å². The van der Waals surface area contributed by atoms with E-state index in [4.69, 9.17) is 22.3 Å². The van der Waals surface area contributed by atoms with Crippen molar-refractivity contribution in [3.05, 3.63) is 17.2 Å². The normalized spacial score (nSPS) is 17.5. The Morgan fingerprint density at radius 2 is 2.08 bits per heavy atom. The minimum Gasteiger partial charge on any atom is -0.369 e. The number of imidazole rings is 1. The van der Waals surface area contributed by atoms with Gasteiger partial charge in [0.2, 0.25) is 0 Å². The quantitative estimate of drug-likeness (QED) is 0.641. The smallest absolute Gasteiger partial charge is 0.166 e. The Morgan fingerprint density at radius 3 is 2.72 bits per heavy atom. The van der Waals surface area contributed by atoms with Crippen LogP contribution in [0.3, 0.4) is 0 Å². The highest BCUT2D eigenvalue weighted by Gasteiger charge is 2.20. The van der Waals surface area contributed by atoms with Gasteiger partial charge in [-0.15, -0.1) is 24.8 Å². The number of nitrogens with zero attached hydrogens (tertiary/aromatic N) is 2. The molecule has 0 amide bonds. The molecule has 8 heteroatoms. The Balaban J connectivity index is 0.00000156. The highest BCUT2D eigenvalue weighted by atomic mass is 35.5. The second-order valence-electron chi connectivity index (χ2n) is 6.27. The van der Waals surface area contributed by atoms with Crippen LogP contribution in [-0.4, -0.2) is 34.3 Å². The van der Waals surface area contributed by atoms with Crippen LogP contribution in [0.25, 0.3) is 11.0 Å². The monoisotopic (exact) mass is 424 g/mol. The Hall–Kier alpha value is -0.330. The molecule has 4 nitrogen and oxygen atoms in total. The van der Waals surface area contributed by atoms with Crippen LogP contribution in [0.4, 0.5) is 5.69 Å². The maximum atomic E-state index is 6.52. The molecule has 2 heterocycles. The lowest BCUT2D eigenvalue weighted by Gasteiger charge is -2.33. The summed E-state index contributed by atoms with van der Waals surface area (Å²) in [5.41, 5.74) is 9.15. The first kappa shape index (κ1) is 22.7. The molecule has 3 rings (SSSR count). The molecule has 1 aromatic heterocycles. The Morgan fingerprint density at radius 1 is 1.36 bits per heavy atom. The van der Waals surface area contributed by atoms with Crippen LogP contribution in [0.2, 0.25) is 5.02 Å². The summed E-state index contributed by atoms with van der Waals surface area (Å²) in [5, 5.41) is 2.36. The molecule has 1 aromatic carbocycles. The molecule has 3 N–H and O–H groups in total. The van der Waals surface area contributed by atoms with E-state index in [2.05, 4.69) is 29.8 Å². The maximum Gasteiger partial charge on any atom is 0.166 e. The number of piperidine rings is 1. The van der Waals surface area contributed by atoms with Crippen molar-refractivity contribution in [2.24, 2.45) is 5.73 Å². The minimum atomic E-state index is 0. The van der Waals surface area contributed by atoms with E-state index in [1.807, 2.05) is 17.8 Å². The minimum absolute atomic E-state index is 0. The van der Waals surface area contributed by atoms with Crippen LogP contribution in [0.5, 0.6) is 0 Å². The number of thioether (sulfide) groups is 1. The molecule has 1 unspecified atom stereocenters. The number of nitrogens with one attached hydrogen (secondary N) is 1. The van der Waals surface area contributed by atoms with Gasteiger partial charge in [-0.2, -0.15) is 0 Å². The highest BCUT2D eigenvalue weighted by Crippen LogP contribution is 2.34. The number of rotatable bonds is 5. The van der Waals surface area contributed by atoms with E-state index in [-0.39, 0.29) is 30.9 Å². The predicted octanol–water partition coefficient (Wildman–Crippen LogP) is 5.27. The van der Waals surface area contributed by atoms with E-state index in [1.165, 1.54) is 0 Å². The summed E-state index contributed by atoms with van der Waals surface area (Å²) < 4.78 is 0. The van der Waals surface area contributed by atoms with Gasteiger partial charge in [0, 0.05) is 24.4 Å². The van der Waals surface area contributed by atoms with Crippen LogP contribution in [0, 0.1) is 0 Å². The first-order valence-corrected chi connectivity index (χ1v) is 9.72. The number of hydrogen-bond acceptors (Lipinski definition) is 4. The average molecular weight is 426 g/mol. The van der Waals surface area contributed by atoms with Crippen LogP contribution >= 0.6 is 48.2 Å². The van der Waals surface area contributed by atoms with Gasteiger partial charge in [-0.25, -0.2) is 4.98 Å². The van der Waals surface area contributed by atoms with Gasteiger partial charge in [0.05, 0.1) is 21.7 Å². The van der Waals surface area contributed by atoms with Crippen molar-refractivity contribution in [3.63, 3.8) is 0 Å². The van der Waals surface area contributed by atoms with Crippen molar-refractivity contribution in [1.29, 1.82) is 0 Å². The zero-order valence-corrected chi connectivity index (χ0v) is 17.8. The average Bonchev–Trinajstić information content (AvgIpc) is 2.93. The third-order valence-corrected chi connectivity index (χ3v) is 6.24. The second-order valence-corrected chi connectivity index (χ2v) is 7.96. The zero-order chi connectivity index (χ0) is 16.4. The summed E-state index contributed by atoms with van der Waals surface area (Å²) in [4.78, 5) is 10.4. The molecule has 1 fully saturated rings. The molecule has 0 bridgehead atoms. The summed E-state index contributed by atoms with van der Waals surface area (Å²) in [6.45, 7) is 6.32. The second kappa shape index (κ2) is 10.1. The Bertz CT molecular complexity index is 675. The molecule has 0 spiro atoms. The van der Waals surface area contributed by atoms with Gasteiger partial charge in [0.15, 0.2) is 5.16 Å². The molecule has 1 atom stereocenters. The van der Waals surface area contributed by atoms with Crippen LogP contribution in [0.15, 0.2) is 17.3 Å². The van der Waals surface area contributed by atoms with E-state index in [9.17, 15) is 0 Å². The van der Waals surface area contributed by atoms with Gasteiger partial charge in [0.1, 0.15) is 0 Å². The lowest BCUT2D eigenvalue weighted by atomic mass is 10.1. The van der Waals surface area contributed by atoms with Crippen molar-refractivity contribution < 1.29 is 0 Å².